The van der Waals surface area contributed by atoms with E-state index in [0.717, 1.165) is 19.2 Å². The summed E-state index contributed by atoms with van der Waals surface area (Å²) in [5.74, 6) is -4.63. The molecule has 2 amide bonds. The molecule has 176 valence electrons. The lowest BCUT2D eigenvalue weighted by Crippen LogP contribution is -2.50. The Balaban J connectivity index is 1.77. The number of aliphatic hydroxyl groups excluding tert-OH is 2. The first-order valence-corrected chi connectivity index (χ1v) is 9.85. The SMILES string of the molecule is Cc1cc(C(F)(F)F)cc(N2C(=O)C(O)C(O)C2C(=O)N(C)c2cc(F)c3c(c2F)CC3)n1. The van der Waals surface area contributed by atoms with E-state index >= 15 is 0 Å². The number of nitrogens with zero attached hydrogens (tertiary/aromatic N) is 3. The first kappa shape index (κ1) is 23.1. The van der Waals surface area contributed by atoms with Crippen molar-refractivity contribution in [1.29, 1.82) is 0 Å². The Labute approximate surface area is 184 Å². The van der Waals surface area contributed by atoms with Crippen LogP contribution < -0.4 is 9.80 Å². The zero-order valence-corrected chi connectivity index (χ0v) is 17.3. The first-order valence-electron chi connectivity index (χ1n) is 9.85. The van der Waals surface area contributed by atoms with E-state index in [0.29, 0.717) is 22.3 Å². The number of rotatable bonds is 3. The van der Waals surface area contributed by atoms with Crippen molar-refractivity contribution in [2.75, 3.05) is 16.8 Å². The van der Waals surface area contributed by atoms with Gasteiger partial charge in [-0.2, -0.15) is 13.2 Å². The monoisotopic (exact) mass is 471 g/mol. The van der Waals surface area contributed by atoms with Crippen LogP contribution in [0.2, 0.25) is 0 Å². The van der Waals surface area contributed by atoms with Crippen LogP contribution in [0.5, 0.6) is 0 Å². The van der Waals surface area contributed by atoms with Crippen LogP contribution in [0.15, 0.2) is 18.2 Å². The summed E-state index contributed by atoms with van der Waals surface area (Å²) >= 11 is 0. The van der Waals surface area contributed by atoms with Crippen molar-refractivity contribution in [3.63, 3.8) is 0 Å². The van der Waals surface area contributed by atoms with Gasteiger partial charge >= 0.3 is 6.18 Å². The minimum absolute atomic E-state index is 0.0970. The maximum Gasteiger partial charge on any atom is 0.416 e. The lowest BCUT2D eigenvalue weighted by Gasteiger charge is -2.30. The summed E-state index contributed by atoms with van der Waals surface area (Å²) < 4.78 is 68.8. The van der Waals surface area contributed by atoms with E-state index in [2.05, 4.69) is 4.98 Å². The van der Waals surface area contributed by atoms with E-state index in [1.165, 1.54) is 6.92 Å². The molecule has 1 aromatic heterocycles. The standard InChI is InChI=1S/C21H18F5N3O4/c1-8-5-9(21(24,25)26)6-14(27-8)29-16(17(30)18(31)20(29)33)19(32)28(2)13-7-12(22)10-3-4-11(10)15(13)23/h5-7,16-18,30-31H,3-4H2,1-2H3. The van der Waals surface area contributed by atoms with Crippen LogP contribution in [-0.2, 0) is 28.6 Å². The molecule has 2 aromatic rings. The largest absolute Gasteiger partial charge is 0.416 e. The molecule has 33 heavy (non-hydrogen) atoms. The number of hydrogen-bond acceptors (Lipinski definition) is 5. The number of anilines is 2. The van der Waals surface area contributed by atoms with Crippen molar-refractivity contribution >= 4 is 23.3 Å². The average Bonchev–Trinajstić information content (AvgIpc) is 2.92. The number of alkyl halides is 3. The third-order valence-corrected chi connectivity index (χ3v) is 5.91. The third kappa shape index (κ3) is 3.62. The topological polar surface area (TPSA) is 94.0 Å². The maximum atomic E-state index is 14.8. The molecule has 1 aromatic carbocycles. The summed E-state index contributed by atoms with van der Waals surface area (Å²) in [4.78, 5) is 30.7. The maximum absolute atomic E-state index is 14.8. The van der Waals surface area contributed by atoms with E-state index in [1.807, 2.05) is 0 Å². The molecular weight excluding hydrogens is 453 g/mol. The Morgan fingerprint density at radius 1 is 1.15 bits per heavy atom. The van der Waals surface area contributed by atoms with Crippen molar-refractivity contribution < 1.29 is 41.8 Å². The number of fused-ring (bicyclic) bond motifs is 1. The van der Waals surface area contributed by atoms with E-state index in [-0.39, 0.29) is 23.2 Å². The predicted octanol–water partition coefficient (Wildman–Crippen LogP) is 1.89. The molecule has 3 atom stereocenters. The number of benzene rings is 1. The van der Waals surface area contributed by atoms with Gasteiger partial charge in [-0.1, -0.05) is 0 Å². The summed E-state index contributed by atoms with van der Waals surface area (Å²) in [6.07, 6.45) is -8.39. The van der Waals surface area contributed by atoms with Crippen LogP contribution >= 0.6 is 0 Å². The predicted molar refractivity (Wildman–Crippen MR) is 104 cm³/mol. The number of likely N-dealkylation sites (N-methyl/N-ethyl adjacent to an activating group) is 1. The molecule has 1 saturated heterocycles. The molecule has 12 heteroatoms. The van der Waals surface area contributed by atoms with Gasteiger partial charge in [0.15, 0.2) is 11.9 Å². The van der Waals surface area contributed by atoms with Gasteiger partial charge < -0.3 is 15.1 Å². The number of aliphatic hydroxyl groups is 2. The highest BCUT2D eigenvalue weighted by Gasteiger charge is 2.53. The second-order valence-corrected chi connectivity index (χ2v) is 7.99. The van der Waals surface area contributed by atoms with E-state index < -0.39 is 64.9 Å². The van der Waals surface area contributed by atoms with E-state index in [9.17, 15) is 41.8 Å². The Morgan fingerprint density at radius 2 is 1.79 bits per heavy atom. The van der Waals surface area contributed by atoms with Gasteiger partial charge in [-0.15, -0.1) is 0 Å². The average molecular weight is 471 g/mol. The number of hydrogen-bond donors (Lipinski definition) is 2. The minimum atomic E-state index is -4.80. The lowest BCUT2D eigenvalue weighted by atomic mass is 9.87. The highest BCUT2D eigenvalue weighted by Crippen LogP contribution is 2.37. The van der Waals surface area contributed by atoms with Crippen molar-refractivity contribution in [1.82, 2.24) is 4.98 Å². The normalized spacial score (nSPS) is 22.3. The molecule has 2 N–H and O–H groups in total. The second kappa shape index (κ2) is 7.73. The number of halogens is 5. The Kier molecular flexibility index (Phi) is 5.40. The number of aromatic nitrogens is 1. The third-order valence-electron chi connectivity index (χ3n) is 5.91. The van der Waals surface area contributed by atoms with Gasteiger partial charge in [-0.3, -0.25) is 14.5 Å². The fourth-order valence-electron chi connectivity index (χ4n) is 4.07. The summed E-state index contributed by atoms with van der Waals surface area (Å²) in [6, 6.07) is 0.0874. The van der Waals surface area contributed by atoms with Crippen LogP contribution in [0, 0.1) is 18.6 Å². The Hall–Kier alpha value is -3.12. The van der Waals surface area contributed by atoms with Crippen LogP contribution in [0.3, 0.4) is 0 Å². The van der Waals surface area contributed by atoms with Crippen LogP contribution in [0.4, 0.5) is 33.5 Å². The highest BCUT2D eigenvalue weighted by atomic mass is 19.4. The van der Waals surface area contributed by atoms with Crippen LogP contribution in [0.25, 0.3) is 0 Å². The number of pyridine rings is 1. The van der Waals surface area contributed by atoms with Gasteiger partial charge in [0.25, 0.3) is 11.8 Å². The molecule has 0 saturated carbocycles. The van der Waals surface area contributed by atoms with Gasteiger partial charge in [0.2, 0.25) is 0 Å². The molecule has 0 spiro atoms. The highest BCUT2D eigenvalue weighted by molar-refractivity contribution is 6.10. The smallest absolute Gasteiger partial charge is 0.387 e. The summed E-state index contributed by atoms with van der Waals surface area (Å²) in [5, 5.41) is 20.4. The van der Waals surface area contributed by atoms with Crippen molar-refractivity contribution in [3.8, 4) is 0 Å². The molecule has 1 fully saturated rings. The fourth-order valence-corrected chi connectivity index (χ4v) is 4.07. The summed E-state index contributed by atoms with van der Waals surface area (Å²) in [6.45, 7) is 1.23. The molecule has 2 heterocycles. The minimum Gasteiger partial charge on any atom is -0.387 e. The Morgan fingerprint density at radius 3 is 2.36 bits per heavy atom. The van der Waals surface area contributed by atoms with Crippen molar-refractivity contribution in [2.45, 2.75) is 44.2 Å². The molecule has 0 bridgehead atoms. The molecule has 2 aliphatic rings. The molecule has 3 unspecified atom stereocenters. The van der Waals surface area contributed by atoms with Crippen molar-refractivity contribution in [3.05, 3.63) is 52.2 Å². The molecule has 1 aliphatic carbocycles. The molecule has 0 radical (unpaired) electrons. The number of amides is 2. The van der Waals surface area contributed by atoms with Crippen molar-refractivity contribution in [2.24, 2.45) is 0 Å². The number of carbonyl (C=O) groups excluding carboxylic acids is 2. The van der Waals surface area contributed by atoms with E-state index in [1.54, 1.807) is 0 Å². The van der Waals surface area contributed by atoms with Gasteiger partial charge in [-0.05, 0) is 43.0 Å². The number of carbonyl (C=O) groups is 2. The van der Waals surface area contributed by atoms with Crippen LogP contribution in [0.1, 0.15) is 22.4 Å². The zero-order chi connectivity index (χ0) is 24.4. The number of aryl methyl sites for hydroxylation is 1. The van der Waals surface area contributed by atoms with Gasteiger partial charge in [-0.25, -0.2) is 13.8 Å². The molecule has 7 nitrogen and oxygen atoms in total. The molecule has 4 rings (SSSR count). The first-order chi connectivity index (χ1) is 15.3. The van der Waals surface area contributed by atoms with Gasteiger partial charge in [0, 0.05) is 18.8 Å². The summed E-state index contributed by atoms with van der Waals surface area (Å²) in [7, 11) is 1.07. The Bertz CT molecular complexity index is 1170. The van der Waals surface area contributed by atoms with E-state index in [4.69, 9.17) is 0 Å². The molecular formula is C21H18F5N3O4. The van der Waals surface area contributed by atoms with Gasteiger partial charge in [0.05, 0.1) is 11.3 Å². The lowest BCUT2D eigenvalue weighted by molar-refractivity contribution is -0.137. The second-order valence-electron chi connectivity index (χ2n) is 7.99. The zero-order valence-electron chi connectivity index (χ0n) is 17.3. The quantitative estimate of drug-likeness (QED) is 0.667. The summed E-state index contributed by atoms with van der Waals surface area (Å²) in [5.41, 5.74) is -1.49. The van der Waals surface area contributed by atoms with Gasteiger partial charge in [0.1, 0.15) is 23.8 Å². The fraction of sp³-hybridized carbons (Fsp3) is 0.381. The molecule has 1 aliphatic heterocycles. The van der Waals surface area contributed by atoms with Crippen LogP contribution in [-0.4, -0.2) is 52.3 Å².